The van der Waals surface area contributed by atoms with E-state index in [2.05, 4.69) is 22.4 Å². The van der Waals surface area contributed by atoms with Gasteiger partial charge in [0.25, 0.3) is 0 Å². The van der Waals surface area contributed by atoms with Crippen molar-refractivity contribution in [1.29, 1.82) is 0 Å². The Balaban J connectivity index is 1.94. The van der Waals surface area contributed by atoms with Crippen LogP contribution >= 0.6 is 0 Å². The van der Waals surface area contributed by atoms with Gasteiger partial charge >= 0.3 is 0 Å². The van der Waals surface area contributed by atoms with Gasteiger partial charge in [-0.25, -0.2) is 0 Å². The summed E-state index contributed by atoms with van der Waals surface area (Å²) < 4.78 is 5.35. The molecule has 2 heterocycles. The highest BCUT2D eigenvalue weighted by Gasteiger charge is 2.34. The summed E-state index contributed by atoms with van der Waals surface area (Å²) in [5, 5.41) is 3.47. The second-order valence-electron chi connectivity index (χ2n) is 4.93. The summed E-state index contributed by atoms with van der Waals surface area (Å²) in [7, 11) is 1.71. The second kappa shape index (κ2) is 4.15. The van der Waals surface area contributed by atoms with Crippen LogP contribution in [0.4, 0.5) is 0 Å². The Morgan fingerprint density at radius 1 is 1.41 bits per heavy atom. The molecular weight excluding hydrogens is 212 g/mol. The van der Waals surface area contributed by atoms with E-state index in [1.807, 2.05) is 13.1 Å². The van der Waals surface area contributed by atoms with Gasteiger partial charge in [-0.1, -0.05) is 6.08 Å². The molecule has 3 heteroatoms. The average molecular weight is 230 g/mol. The number of fused-ring (bicyclic) bond motifs is 1. The predicted octanol–water partition coefficient (Wildman–Crippen LogP) is 2.02. The van der Waals surface area contributed by atoms with E-state index in [9.17, 15) is 0 Å². The van der Waals surface area contributed by atoms with E-state index >= 15 is 0 Å². The molecule has 3 rings (SSSR count). The third kappa shape index (κ3) is 1.75. The van der Waals surface area contributed by atoms with E-state index in [1.165, 1.54) is 17.6 Å². The molecule has 1 fully saturated rings. The Kier molecular flexibility index (Phi) is 2.63. The number of nitrogens with zero attached hydrogens (tertiary/aromatic N) is 1. The van der Waals surface area contributed by atoms with Crippen molar-refractivity contribution in [2.45, 2.75) is 13.3 Å². The molecule has 1 aromatic rings. The zero-order valence-electron chi connectivity index (χ0n) is 10.4. The fourth-order valence-corrected chi connectivity index (χ4v) is 2.98. The standard InChI is InChI=1S/C14H18N2O/c1-9-14(17-2)5-11(7-16-9)12-4-3-10-6-15-8-13(10)12/h4-5,7,10,13,15H,3,6,8H2,1-2H3/t10-,13+/m1/s1. The minimum atomic E-state index is 0.671. The number of hydrogen-bond acceptors (Lipinski definition) is 3. The minimum Gasteiger partial charge on any atom is -0.495 e. The van der Waals surface area contributed by atoms with Crippen molar-refractivity contribution >= 4 is 5.57 Å². The summed E-state index contributed by atoms with van der Waals surface area (Å²) in [4.78, 5) is 4.42. The van der Waals surface area contributed by atoms with Gasteiger partial charge < -0.3 is 10.1 Å². The van der Waals surface area contributed by atoms with Crippen molar-refractivity contribution in [2.24, 2.45) is 11.8 Å². The number of ether oxygens (including phenoxy) is 1. The molecule has 0 amide bonds. The van der Waals surface area contributed by atoms with Crippen LogP contribution in [0.3, 0.4) is 0 Å². The van der Waals surface area contributed by atoms with Crippen LogP contribution in [-0.4, -0.2) is 25.2 Å². The number of aryl methyl sites for hydroxylation is 1. The Bertz CT molecular complexity index is 467. The fourth-order valence-electron chi connectivity index (χ4n) is 2.98. The van der Waals surface area contributed by atoms with Crippen LogP contribution in [0.2, 0.25) is 0 Å². The average Bonchev–Trinajstić information content (AvgIpc) is 2.92. The van der Waals surface area contributed by atoms with Crippen molar-refractivity contribution in [3.63, 3.8) is 0 Å². The summed E-state index contributed by atoms with van der Waals surface area (Å²) in [6, 6.07) is 2.12. The molecule has 1 saturated heterocycles. The summed E-state index contributed by atoms with van der Waals surface area (Å²) in [5.41, 5.74) is 3.63. The smallest absolute Gasteiger partial charge is 0.140 e. The maximum Gasteiger partial charge on any atom is 0.140 e. The quantitative estimate of drug-likeness (QED) is 0.844. The molecule has 0 saturated carbocycles. The highest BCUT2D eigenvalue weighted by molar-refractivity contribution is 5.70. The number of rotatable bonds is 2. The molecule has 0 unspecified atom stereocenters. The van der Waals surface area contributed by atoms with Crippen molar-refractivity contribution < 1.29 is 4.74 Å². The van der Waals surface area contributed by atoms with Gasteiger partial charge in [-0.15, -0.1) is 0 Å². The molecule has 2 atom stereocenters. The molecule has 2 aliphatic rings. The van der Waals surface area contributed by atoms with Gasteiger partial charge in [0.15, 0.2) is 0 Å². The van der Waals surface area contributed by atoms with Gasteiger partial charge in [-0.3, -0.25) is 4.98 Å². The monoisotopic (exact) mass is 230 g/mol. The Hall–Kier alpha value is -1.35. The maximum absolute atomic E-state index is 5.35. The normalized spacial score (nSPS) is 26.8. The van der Waals surface area contributed by atoms with E-state index in [4.69, 9.17) is 4.74 Å². The summed E-state index contributed by atoms with van der Waals surface area (Å²) in [6.45, 7) is 4.24. The van der Waals surface area contributed by atoms with Crippen LogP contribution in [0.25, 0.3) is 5.57 Å². The van der Waals surface area contributed by atoms with Crippen LogP contribution in [0.1, 0.15) is 17.7 Å². The molecule has 1 aliphatic carbocycles. The molecule has 1 N–H and O–H groups in total. The Morgan fingerprint density at radius 3 is 3.12 bits per heavy atom. The molecule has 0 bridgehead atoms. The lowest BCUT2D eigenvalue weighted by molar-refractivity contribution is 0.409. The highest BCUT2D eigenvalue weighted by atomic mass is 16.5. The van der Waals surface area contributed by atoms with Crippen LogP contribution in [0.15, 0.2) is 18.3 Å². The van der Waals surface area contributed by atoms with E-state index in [0.29, 0.717) is 5.92 Å². The molecule has 1 aliphatic heterocycles. The van der Waals surface area contributed by atoms with Gasteiger partial charge in [-0.2, -0.15) is 0 Å². The SMILES string of the molecule is COc1cc(C2=CC[C@@H]3CNC[C@H]23)cnc1C. The molecular formula is C14H18N2O. The number of methoxy groups -OCH3 is 1. The van der Waals surface area contributed by atoms with Gasteiger partial charge in [0.1, 0.15) is 5.75 Å². The highest BCUT2D eigenvalue weighted by Crippen LogP contribution is 2.40. The third-order valence-corrected chi connectivity index (χ3v) is 3.97. The Morgan fingerprint density at radius 2 is 2.29 bits per heavy atom. The van der Waals surface area contributed by atoms with Crippen LogP contribution in [0, 0.1) is 18.8 Å². The first-order valence-corrected chi connectivity index (χ1v) is 6.21. The first-order chi connectivity index (χ1) is 8.29. The summed E-state index contributed by atoms with van der Waals surface area (Å²) in [6.07, 6.45) is 5.55. The number of nitrogens with one attached hydrogen (secondary N) is 1. The van der Waals surface area contributed by atoms with Gasteiger partial charge in [0, 0.05) is 18.7 Å². The van der Waals surface area contributed by atoms with Crippen LogP contribution in [-0.2, 0) is 0 Å². The first-order valence-electron chi connectivity index (χ1n) is 6.21. The topological polar surface area (TPSA) is 34.1 Å². The molecule has 17 heavy (non-hydrogen) atoms. The van der Waals surface area contributed by atoms with Gasteiger partial charge in [0.05, 0.1) is 12.8 Å². The zero-order valence-corrected chi connectivity index (χ0v) is 10.4. The van der Waals surface area contributed by atoms with Crippen molar-refractivity contribution in [3.8, 4) is 5.75 Å². The Labute approximate surface area is 102 Å². The second-order valence-corrected chi connectivity index (χ2v) is 4.93. The lowest BCUT2D eigenvalue weighted by atomic mass is 9.91. The zero-order chi connectivity index (χ0) is 11.8. The first kappa shape index (κ1) is 10.8. The fraction of sp³-hybridized carbons (Fsp3) is 0.500. The van der Waals surface area contributed by atoms with Gasteiger partial charge in [0.2, 0.25) is 0 Å². The van der Waals surface area contributed by atoms with Gasteiger partial charge in [-0.05, 0) is 43.0 Å². The van der Waals surface area contributed by atoms with Crippen LogP contribution < -0.4 is 10.1 Å². The molecule has 90 valence electrons. The minimum absolute atomic E-state index is 0.671. The molecule has 0 aromatic carbocycles. The summed E-state index contributed by atoms with van der Waals surface area (Å²) in [5.74, 6) is 2.35. The lowest BCUT2D eigenvalue weighted by Gasteiger charge is -2.14. The van der Waals surface area contributed by atoms with E-state index in [1.54, 1.807) is 7.11 Å². The maximum atomic E-state index is 5.35. The number of aromatic nitrogens is 1. The van der Waals surface area contributed by atoms with E-state index in [0.717, 1.165) is 30.5 Å². The molecule has 1 aromatic heterocycles. The molecule has 0 spiro atoms. The van der Waals surface area contributed by atoms with Crippen molar-refractivity contribution in [3.05, 3.63) is 29.6 Å². The van der Waals surface area contributed by atoms with E-state index in [-0.39, 0.29) is 0 Å². The molecule has 3 nitrogen and oxygen atoms in total. The number of allylic oxidation sites excluding steroid dienone is 1. The molecule has 0 radical (unpaired) electrons. The number of pyridine rings is 1. The van der Waals surface area contributed by atoms with Crippen LogP contribution in [0.5, 0.6) is 5.75 Å². The van der Waals surface area contributed by atoms with Crippen molar-refractivity contribution in [2.75, 3.05) is 20.2 Å². The lowest BCUT2D eigenvalue weighted by Crippen LogP contribution is -2.10. The predicted molar refractivity (Wildman–Crippen MR) is 68.0 cm³/mol. The van der Waals surface area contributed by atoms with E-state index < -0.39 is 0 Å². The largest absolute Gasteiger partial charge is 0.495 e. The van der Waals surface area contributed by atoms with Crippen molar-refractivity contribution in [1.82, 2.24) is 10.3 Å². The third-order valence-electron chi connectivity index (χ3n) is 3.97. The summed E-state index contributed by atoms with van der Waals surface area (Å²) >= 11 is 0. The number of hydrogen-bond donors (Lipinski definition) is 1.